The van der Waals surface area contributed by atoms with Gasteiger partial charge in [0.2, 0.25) is 0 Å². The van der Waals surface area contributed by atoms with Crippen molar-refractivity contribution in [2.75, 3.05) is 39.5 Å². The summed E-state index contributed by atoms with van der Waals surface area (Å²) in [4.78, 5) is 1.65. The van der Waals surface area contributed by atoms with Crippen LogP contribution in [0.3, 0.4) is 0 Å². The maximum absolute atomic E-state index is 6.23. The zero-order chi connectivity index (χ0) is 14.4. The summed E-state index contributed by atoms with van der Waals surface area (Å²) < 4.78 is 11.2. The highest BCUT2D eigenvalue weighted by Gasteiger charge is 2.13. The van der Waals surface area contributed by atoms with Crippen LogP contribution < -0.4 is 9.64 Å². The summed E-state index contributed by atoms with van der Waals surface area (Å²) >= 11 is 6.23. The zero-order valence-electron chi connectivity index (χ0n) is 12.5. The molecule has 1 fully saturated rings. The molecule has 2 rings (SSSR count). The molecule has 0 radical (unpaired) electrons. The highest BCUT2D eigenvalue weighted by atomic mass is 35.5. The number of morpholine rings is 1. The Bertz CT molecular complexity index is 407. The average Bonchev–Trinajstić information content (AvgIpc) is 2.42. The number of ether oxygens (including phenoxy) is 2. The lowest BCUT2D eigenvalue weighted by Gasteiger charge is -2.23. The second kappa shape index (κ2) is 7.87. The average molecular weight is 299 g/mol. The van der Waals surface area contributed by atoms with Gasteiger partial charge in [-0.15, -0.1) is 0 Å². The van der Waals surface area contributed by atoms with E-state index in [1.54, 1.807) is 4.90 Å². The Balaban J connectivity index is 1.68. The molecule has 1 N–H and O–H groups in total. The molecule has 3 nitrogen and oxygen atoms in total. The summed E-state index contributed by atoms with van der Waals surface area (Å²) in [5.74, 6) is 0.844. The lowest BCUT2D eigenvalue weighted by atomic mass is 10.1. The molecular weight excluding hydrogens is 274 g/mol. The number of halogens is 1. The fourth-order valence-electron chi connectivity index (χ4n) is 2.65. The number of hydrogen-bond donors (Lipinski definition) is 1. The van der Waals surface area contributed by atoms with Gasteiger partial charge >= 0.3 is 0 Å². The van der Waals surface area contributed by atoms with Crippen LogP contribution in [0.4, 0.5) is 0 Å². The molecule has 0 saturated carbocycles. The Morgan fingerprint density at radius 3 is 2.65 bits per heavy atom. The summed E-state index contributed by atoms with van der Waals surface area (Å²) in [6.07, 6.45) is 2.27. The summed E-state index contributed by atoms with van der Waals surface area (Å²) in [5.41, 5.74) is 2.30. The van der Waals surface area contributed by atoms with E-state index in [1.165, 1.54) is 18.5 Å². The van der Waals surface area contributed by atoms with Crippen LogP contribution in [0.2, 0.25) is 5.02 Å². The fraction of sp³-hybridized carbons (Fsp3) is 0.625. The van der Waals surface area contributed by atoms with Crippen molar-refractivity contribution in [1.82, 2.24) is 0 Å². The van der Waals surface area contributed by atoms with E-state index in [1.807, 2.05) is 19.9 Å². The third kappa shape index (κ3) is 4.65. The molecule has 0 atom stereocenters. The minimum atomic E-state index is 0.723. The summed E-state index contributed by atoms with van der Waals surface area (Å²) in [7, 11) is 0. The van der Waals surface area contributed by atoms with E-state index in [-0.39, 0.29) is 0 Å². The predicted molar refractivity (Wildman–Crippen MR) is 82.0 cm³/mol. The largest absolute Gasteiger partial charge is 0.492 e. The van der Waals surface area contributed by atoms with E-state index in [9.17, 15) is 0 Å². The number of hydrogen-bond acceptors (Lipinski definition) is 2. The first-order chi connectivity index (χ1) is 9.66. The minimum absolute atomic E-state index is 0.723. The first kappa shape index (κ1) is 15.6. The van der Waals surface area contributed by atoms with E-state index in [0.717, 1.165) is 55.7 Å². The molecule has 4 heteroatoms. The van der Waals surface area contributed by atoms with Gasteiger partial charge in [-0.05, 0) is 43.9 Å². The van der Waals surface area contributed by atoms with Crippen molar-refractivity contribution in [3.8, 4) is 5.75 Å². The Hall–Kier alpha value is -0.770. The van der Waals surface area contributed by atoms with E-state index >= 15 is 0 Å². The van der Waals surface area contributed by atoms with Crippen LogP contribution in [0.15, 0.2) is 12.1 Å². The van der Waals surface area contributed by atoms with Gasteiger partial charge in [-0.1, -0.05) is 17.7 Å². The molecule has 112 valence electrons. The normalized spacial score (nSPS) is 16.4. The van der Waals surface area contributed by atoms with Crippen LogP contribution in [0.5, 0.6) is 5.75 Å². The molecule has 0 unspecified atom stereocenters. The lowest BCUT2D eigenvalue weighted by Crippen LogP contribution is -3.14. The van der Waals surface area contributed by atoms with Crippen molar-refractivity contribution in [2.45, 2.75) is 26.7 Å². The van der Waals surface area contributed by atoms with Gasteiger partial charge < -0.3 is 14.4 Å². The Morgan fingerprint density at radius 1 is 1.20 bits per heavy atom. The van der Waals surface area contributed by atoms with Crippen LogP contribution in [0, 0.1) is 13.8 Å². The van der Waals surface area contributed by atoms with Crippen molar-refractivity contribution in [1.29, 1.82) is 0 Å². The number of nitrogens with one attached hydrogen (secondary N) is 1. The number of quaternary nitrogens is 1. The van der Waals surface area contributed by atoms with Gasteiger partial charge in [0, 0.05) is 0 Å². The molecule has 1 saturated heterocycles. The van der Waals surface area contributed by atoms with E-state index in [2.05, 4.69) is 6.07 Å². The smallest absolute Gasteiger partial charge is 0.140 e. The quantitative estimate of drug-likeness (QED) is 0.812. The topological polar surface area (TPSA) is 22.9 Å². The lowest BCUT2D eigenvalue weighted by molar-refractivity contribution is -0.908. The van der Waals surface area contributed by atoms with E-state index < -0.39 is 0 Å². The first-order valence-electron chi connectivity index (χ1n) is 7.47. The van der Waals surface area contributed by atoms with Gasteiger partial charge in [0.1, 0.15) is 18.8 Å². The predicted octanol–water partition coefficient (Wildman–Crippen LogP) is 2.03. The molecule has 0 amide bonds. The number of unbranched alkanes of at least 4 members (excludes halogenated alkanes) is 1. The van der Waals surface area contributed by atoms with Crippen LogP contribution >= 0.6 is 11.6 Å². The maximum atomic E-state index is 6.23. The molecule has 20 heavy (non-hydrogen) atoms. The summed E-state index contributed by atoms with van der Waals surface area (Å²) in [6, 6.07) is 4.07. The zero-order valence-corrected chi connectivity index (χ0v) is 13.3. The maximum Gasteiger partial charge on any atom is 0.140 e. The number of rotatable bonds is 6. The van der Waals surface area contributed by atoms with E-state index in [4.69, 9.17) is 21.1 Å². The second-order valence-electron chi connectivity index (χ2n) is 5.56. The van der Waals surface area contributed by atoms with Crippen LogP contribution in [-0.4, -0.2) is 39.5 Å². The van der Waals surface area contributed by atoms with Crippen molar-refractivity contribution in [3.05, 3.63) is 28.3 Å². The monoisotopic (exact) mass is 298 g/mol. The molecule has 1 aromatic rings. The van der Waals surface area contributed by atoms with Crippen molar-refractivity contribution in [2.24, 2.45) is 0 Å². The van der Waals surface area contributed by atoms with Crippen molar-refractivity contribution in [3.63, 3.8) is 0 Å². The van der Waals surface area contributed by atoms with Crippen LogP contribution in [-0.2, 0) is 4.74 Å². The minimum Gasteiger partial charge on any atom is -0.492 e. The molecule has 0 aliphatic carbocycles. The number of benzene rings is 1. The molecule has 1 heterocycles. The summed E-state index contributed by atoms with van der Waals surface area (Å²) in [6.45, 7) is 10.2. The molecule has 0 spiro atoms. The Morgan fingerprint density at radius 2 is 1.95 bits per heavy atom. The number of aryl methyl sites for hydroxylation is 2. The van der Waals surface area contributed by atoms with Gasteiger partial charge in [0.25, 0.3) is 0 Å². The SMILES string of the molecule is Cc1cc(C)c(OCCCC[NH+]2CCOCC2)c(Cl)c1. The highest BCUT2D eigenvalue weighted by molar-refractivity contribution is 6.32. The van der Waals surface area contributed by atoms with Gasteiger partial charge in [-0.2, -0.15) is 0 Å². The first-order valence-corrected chi connectivity index (χ1v) is 7.85. The van der Waals surface area contributed by atoms with Crippen molar-refractivity contribution < 1.29 is 14.4 Å². The summed E-state index contributed by atoms with van der Waals surface area (Å²) in [5, 5.41) is 0.723. The van der Waals surface area contributed by atoms with E-state index in [0.29, 0.717) is 0 Å². The molecule has 1 aliphatic heterocycles. The fourth-order valence-corrected chi connectivity index (χ4v) is 3.02. The van der Waals surface area contributed by atoms with Gasteiger partial charge in [-0.3, -0.25) is 0 Å². The molecule has 1 aromatic carbocycles. The molecule has 0 aromatic heterocycles. The van der Waals surface area contributed by atoms with Crippen LogP contribution in [0.25, 0.3) is 0 Å². The molecular formula is C16H25ClNO2+. The van der Waals surface area contributed by atoms with Crippen molar-refractivity contribution >= 4 is 11.6 Å². The van der Waals surface area contributed by atoms with Gasteiger partial charge in [0.15, 0.2) is 0 Å². The Labute approximate surface area is 126 Å². The molecule has 0 bridgehead atoms. The van der Waals surface area contributed by atoms with Gasteiger partial charge in [-0.25, -0.2) is 0 Å². The standard InChI is InChI=1S/C16H24ClNO2/c1-13-11-14(2)16(15(17)12-13)20-8-4-3-5-18-6-9-19-10-7-18/h11-12H,3-10H2,1-2H3/p+1. The molecule has 1 aliphatic rings. The second-order valence-corrected chi connectivity index (χ2v) is 5.97. The highest BCUT2D eigenvalue weighted by Crippen LogP contribution is 2.29. The third-order valence-corrected chi connectivity index (χ3v) is 4.03. The Kier molecular flexibility index (Phi) is 6.14. The third-order valence-electron chi connectivity index (χ3n) is 3.74. The van der Waals surface area contributed by atoms with Crippen LogP contribution in [0.1, 0.15) is 24.0 Å². The van der Waals surface area contributed by atoms with Gasteiger partial charge in [0.05, 0.1) is 31.4 Å².